The molecule has 0 unspecified atom stereocenters. The van der Waals surface area contributed by atoms with Crippen molar-refractivity contribution >= 4 is 23.3 Å². The maximum absolute atomic E-state index is 13.3. The molecule has 0 saturated heterocycles. The number of fused-ring (bicyclic) bond motifs is 1. The molecule has 0 bridgehead atoms. The molecule has 5 nitrogen and oxygen atoms in total. The van der Waals surface area contributed by atoms with Gasteiger partial charge in [0, 0.05) is 13.6 Å². The Morgan fingerprint density at radius 2 is 2.00 bits per heavy atom. The van der Waals surface area contributed by atoms with E-state index in [1.54, 1.807) is 14.0 Å². The van der Waals surface area contributed by atoms with Gasteiger partial charge in [-0.15, -0.1) is 0 Å². The van der Waals surface area contributed by atoms with Crippen LogP contribution in [-0.4, -0.2) is 42.6 Å². The highest BCUT2D eigenvalue weighted by Gasteiger charge is 2.38. The van der Waals surface area contributed by atoms with Crippen molar-refractivity contribution in [3.8, 4) is 0 Å². The Morgan fingerprint density at radius 1 is 1.35 bits per heavy atom. The molecule has 1 aliphatic heterocycles. The Labute approximate surface area is 116 Å². The molecule has 20 heavy (non-hydrogen) atoms. The third-order valence-corrected chi connectivity index (χ3v) is 3.41. The van der Waals surface area contributed by atoms with Crippen LogP contribution in [0.15, 0.2) is 12.1 Å². The smallest absolute Gasteiger partial charge is 0.299 e. The first-order valence-electron chi connectivity index (χ1n) is 6.27. The van der Waals surface area contributed by atoms with Crippen LogP contribution in [-0.2, 0) is 9.59 Å². The number of anilines is 1. The number of likely N-dealkylation sites (N-methyl/N-ethyl adjacent to an activating group) is 1. The van der Waals surface area contributed by atoms with Crippen LogP contribution in [0.5, 0.6) is 0 Å². The first-order valence-corrected chi connectivity index (χ1v) is 6.27. The number of amides is 2. The molecule has 0 N–H and O–H groups in total. The molecule has 1 aliphatic rings. The van der Waals surface area contributed by atoms with Crippen LogP contribution in [0.3, 0.4) is 0 Å². The number of ketones is 1. The minimum Gasteiger partial charge on any atom is -0.344 e. The van der Waals surface area contributed by atoms with Crippen LogP contribution in [0.25, 0.3) is 0 Å². The zero-order valence-electron chi connectivity index (χ0n) is 11.6. The summed E-state index contributed by atoms with van der Waals surface area (Å²) in [6, 6.07) is 2.28. The van der Waals surface area contributed by atoms with Gasteiger partial charge >= 0.3 is 0 Å². The molecule has 0 saturated carbocycles. The first kappa shape index (κ1) is 14.2. The summed E-state index contributed by atoms with van der Waals surface area (Å²) in [5.41, 5.74) is 0.824. The van der Waals surface area contributed by atoms with Gasteiger partial charge in [0.15, 0.2) is 0 Å². The van der Waals surface area contributed by atoms with E-state index >= 15 is 0 Å². The summed E-state index contributed by atoms with van der Waals surface area (Å²) in [4.78, 5) is 38.3. The second-order valence-corrected chi connectivity index (χ2v) is 4.75. The van der Waals surface area contributed by atoms with Crippen molar-refractivity contribution in [2.45, 2.75) is 13.8 Å². The Bertz CT molecular complexity index is 613. The average molecular weight is 278 g/mol. The number of carbonyl (C=O) groups excluding carboxylic acids is 3. The van der Waals surface area contributed by atoms with E-state index in [1.807, 2.05) is 6.92 Å². The monoisotopic (exact) mass is 278 g/mol. The van der Waals surface area contributed by atoms with Crippen molar-refractivity contribution in [2.24, 2.45) is 0 Å². The summed E-state index contributed by atoms with van der Waals surface area (Å²) >= 11 is 0. The van der Waals surface area contributed by atoms with Crippen molar-refractivity contribution in [1.82, 2.24) is 4.90 Å². The number of rotatable bonds is 3. The van der Waals surface area contributed by atoms with Gasteiger partial charge in [0.2, 0.25) is 5.91 Å². The SMILES string of the molecule is CCN(C)C(=O)CN1C(=O)C(=O)c2cc(F)cc(C)c21. The van der Waals surface area contributed by atoms with Gasteiger partial charge in [-0.2, -0.15) is 0 Å². The number of Topliss-reactive ketones (excluding diaryl/α,β-unsaturated/α-hetero) is 1. The van der Waals surface area contributed by atoms with Crippen LogP contribution < -0.4 is 4.90 Å². The highest BCUT2D eigenvalue weighted by atomic mass is 19.1. The van der Waals surface area contributed by atoms with Crippen molar-refractivity contribution in [1.29, 1.82) is 0 Å². The predicted molar refractivity (Wildman–Crippen MR) is 71.1 cm³/mol. The number of benzene rings is 1. The zero-order chi connectivity index (χ0) is 15.0. The summed E-state index contributed by atoms with van der Waals surface area (Å²) in [7, 11) is 1.61. The summed E-state index contributed by atoms with van der Waals surface area (Å²) in [5.74, 6) is -2.40. The highest BCUT2D eigenvalue weighted by molar-refractivity contribution is 6.52. The molecule has 0 atom stereocenters. The van der Waals surface area contributed by atoms with Gasteiger partial charge < -0.3 is 4.90 Å². The van der Waals surface area contributed by atoms with Crippen LogP contribution >= 0.6 is 0 Å². The number of halogens is 1. The van der Waals surface area contributed by atoms with Crippen molar-refractivity contribution < 1.29 is 18.8 Å². The van der Waals surface area contributed by atoms with E-state index in [9.17, 15) is 18.8 Å². The molecule has 1 aromatic carbocycles. The highest BCUT2D eigenvalue weighted by Crippen LogP contribution is 2.33. The maximum Gasteiger partial charge on any atom is 0.299 e. The number of carbonyl (C=O) groups is 3. The van der Waals surface area contributed by atoms with Crippen molar-refractivity contribution in [2.75, 3.05) is 25.0 Å². The molecule has 1 heterocycles. The topological polar surface area (TPSA) is 57.7 Å². The standard InChI is InChI=1S/C14H15FN2O3/c1-4-16(3)11(18)7-17-12-8(2)5-9(15)6-10(12)13(19)14(17)20/h5-6H,4,7H2,1-3H3. The molecule has 0 aromatic heterocycles. The summed E-state index contributed by atoms with van der Waals surface area (Å²) in [6.45, 7) is 3.71. The maximum atomic E-state index is 13.3. The number of aryl methyl sites for hydroxylation is 1. The zero-order valence-corrected chi connectivity index (χ0v) is 11.6. The minimum atomic E-state index is -0.786. The second-order valence-electron chi connectivity index (χ2n) is 4.75. The molecule has 2 amide bonds. The van der Waals surface area contributed by atoms with Crippen LogP contribution in [0.2, 0.25) is 0 Å². The molecule has 0 fully saturated rings. The lowest BCUT2D eigenvalue weighted by molar-refractivity contribution is -0.129. The number of hydrogen-bond acceptors (Lipinski definition) is 3. The van der Waals surface area contributed by atoms with Gasteiger partial charge in [0.1, 0.15) is 12.4 Å². The molecule has 6 heteroatoms. The van der Waals surface area contributed by atoms with E-state index in [0.717, 1.165) is 11.0 Å². The van der Waals surface area contributed by atoms with Crippen LogP contribution in [0, 0.1) is 12.7 Å². The van der Waals surface area contributed by atoms with E-state index in [0.29, 0.717) is 17.8 Å². The average Bonchev–Trinajstić information content (AvgIpc) is 2.63. The normalized spacial score (nSPS) is 13.7. The van der Waals surface area contributed by atoms with E-state index in [1.165, 1.54) is 11.0 Å². The number of hydrogen-bond donors (Lipinski definition) is 0. The third-order valence-electron chi connectivity index (χ3n) is 3.41. The third kappa shape index (κ3) is 2.17. The van der Waals surface area contributed by atoms with Gasteiger partial charge in [-0.25, -0.2) is 4.39 Å². The number of nitrogens with zero attached hydrogens (tertiary/aromatic N) is 2. The second kappa shape index (κ2) is 5.03. The molecule has 1 aromatic rings. The van der Waals surface area contributed by atoms with E-state index < -0.39 is 17.5 Å². The quantitative estimate of drug-likeness (QED) is 0.779. The molecule has 0 aliphatic carbocycles. The molecular formula is C14H15FN2O3. The molecule has 2 rings (SSSR count). The first-order chi connectivity index (χ1) is 9.36. The molecular weight excluding hydrogens is 263 g/mol. The van der Waals surface area contributed by atoms with Gasteiger partial charge in [0.25, 0.3) is 11.7 Å². The van der Waals surface area contributed by atoms with Gasteiger partial charge in [-0.3, -0.25) is 19.3 Å². The summed E-state index contributed by atoms with van der Waals surface area (Å²) < 4.78 is 13.3. The van der Waals surface area contributed by atoms with Crippen molar-refractivity contribution in [3.05, 3.63) is 29.1 Å². The van der Waals surface area contributed by atoms with E-state index in [-0.39, 0.29) is 18.0 Å². The molecule has 0 radical (unpaired) electrons. The van der Waals surface area contributed by atoms with Gasteiger partial charge in [-0.05, 0) is 31.5 Å². The summed E-state index contributed by atoms with van der Waals surface area (Å²) in [6.07, 6.45) is 0. The van der Waals surface area contributed by atoms with Crippen LogP contribution in [0.4, 0.5) is 10.1 Å². The summed E-state index contributed by atoms with van der Waals surface area (Å²) in [5, 5.41) is 0. The van der Waals surface area contributed by atoms with Crippen LogP contribution in [0.1, 0.15) is 22.8 Å². The fraction of sp³-hybridized carbons (Fsp3) is 0.357. The Morgan fingerprint density at radius 3 is 2.60 bits per heavy atom. The lowest BCUT2D eigenvalue weighted by Gasteiger charge is -2.21. The van der Waals surface area contributed by atoms with Gasteiger partial charge in [0.05, 0.1) is 11.3 Å². The fourth-order valence-corrected chi connectivity index (χ4v) is 2.19. The van der Waals surface area contributed by atoms with Crippen molar-refractivity contribution in [3.63, 3.8) is 0 Å². The Hall–Kier alpha value is -2.24. The Kier molecular flexibility index (Phi) is 3.57. The lowest BCUT2D eigenvalue weighted by Crippen LogP contribution is -2.41. The van der Waals surface area contributed by atoms with E-state index in [2.05, 4.69) is 0 Å². The lowest BCUT2D eigenvalue weighted by atomic mass is 10.1. The molecule has 0 spiro atoms. The largest absolute Gasteiger partial charge is 0.344 e. The van der Waals surface area contributed by atoms with Gasteiger partial charge in [-0.1, -0.05) is 0 Å². The minimum absolute atomic E-state index is 0.0273. The predicted octanol–water partition coefficient (Wildman–Crippen LogP) is 1.14. The van der Waals surface area contributed by atoms with E-state index in [4.69, 9.17) is 0 Å². The molecule has 106 valence electrons. The Balaban J connectivity index is 2.41. The fourth-order valence-electron chi connectivity index (χ4n) is 2.19.